The summed E-state index contributed by atoms with van der Waals surface area (Å²) < 4.78 is 0. The van der Waals surface area contributed by atoms with Gasteiger partial charge in [0.15, 0.2) is 0 Å². The number of hydrogen-bond donors (Lipinski definition) is 1. The van der Waals surface area contributed by atoms with Crippen LogP contribution in [0, 0.1) is 0 Å². The molecule has 3 heteroatoms. The number of hydrogen-bond acceptors (Lipinski definition) is 3. The van der Waals surface area contributed by atoms with Gasteiger partial charge in [0.1, 0.15) is 0 Å². The Balaban J connectivity index is 2.15. The summed E-state index contributed by atoms with van der Waals surface area (Å²) in [7, 11) is 0. The lowest BCUT2D eigenvalue weighted by molar-refractivity contribution is 0.0764. The number of rotatable bonds is 5. The zero-order chi connectivity index (χ0) is 13.0. The lowest BCUT2D eigenvalue weighted by atomic mass is 10.0. The average molecular weight is 266 g/mol. The summed E-state index contributed by atoms with van der Waals surface area (Å²) >= 11 is 1.91. The summed E-state index contributed by atoms with van der Waals surface area (Å²) in [5, 5.41) is 5.89. The zero-order valence-electron chi connectivity index (χ0n) is 11.9. The van der Waals surface area contributed by atoms with Gasteiger partial charge in [0.05, 0.1) is 0 Å². The predicted octanol–water partition coefficient (Wildman–Crippen LogP) is 3.66. The van der Waals surface area contributed by atoms with Crippen LogP contribution in [0.25, 0.3) is 0 Å². The van der Waals surface area contributed by atoms with Gasteiger partial charge in [0.25, 0.3) is 0 Å². The van der Waals surface area contributed by atoms with E-state index in [1.807, 2.05) is 11.3 Å². The van der Waals surface area contributed by atoms with E-state index in [0.717, 1.165) is 6.54 Å². The molecule has 18 heavy (non-hydrogen) atoms. The van der Waals surface area contributed by atoms with Crippen molar-refractivity contribution in [2.75, 3.05) is 13.1 Å². The van der Waals surface area contributed by atoms with Crippen molar-refractivity contribution in [1.29, 1.82) is 0 Å². The van der Waals surface area contributed by atoms with Crippen molar-refractivity contribution < 1.29 is 0 Å². The molecule has 2 nitrogen and oxygen atoms in total. The molecule has 0 bridgehead atoms. The van der Waals surface area contributed by atoms with E-state index in [-0.39, 0.29) is 0 Å². The minimum Gasteiger partial charge on any atom is -0.311 e. The van der Waals surface area contributed by atoms with Crippen molar-refractivity contribution in [3.8, 4) is 0 Å². The molecule has 3 unspecified atom stereocenters. The highest BCUT2D eigenvalue weighted by Gasteiger charge is 2.31. The molecule has 0 amide bonds. The Kier molecular flexibility index (Phi) is 5.22. The van der Waals surface area contributed by atoms with Gasteiger partial charge in [-0.05, 0) is 30.7 Å². The predicted molar refractivity (Wildman–Crippen MR) is 80.2 cm³/mol. The van der Waals surface area contributed by atoms with Gasteiger partial charge in [-0.15, -0.1) is 11.3 Å². The Morgan fingerprint density at radius 3 is 2.78 bits per heavy atom. The summed E-state index contributed by atoms with van der Waals surface area (Å²) in [6.45, 7) is 9.27. The molecule has 0 saturated carbocycles. The first-order chi connectivity index (χ1) is 8.80. The maximum Gasteiger partial charge on any atom is 0.0443 e. The molecule has 1 aromatic heterocycles. The molecule has 1 saturated heterocycles. The first-order valence-electron chi connectivity index (χ1n) is 7.32. The third-order valence-electron chi connectivity index (χ3n) is 4.17. The van der Waals surface area contributed by atoms with Crippen molar-refractivity contribution in [3.05, 3.63) is 22.4 Å². The fraction of sp³-hybridized carbons (Fsp3) is 0.733. The summed E-state index contributed by atoms with van der Waals surface area (Å²) in [6, 6.07) is 6.46. The van der Waals surface area contributed by atoms with Gasteiger partial charge < -0.3 is 5.32 Å². The molecule has 1 fully saturated rings. The van der Waals surface area contributed by atoms with Crippen molar-refractivity contribution in [2.45, 2.75) is 58.2 Å². The lowest BCUT2D eigenvalue weighted by Gasteiger charge is -2.44. The summed E-state index contributed by atoms with van der Waals surface area (Å²) in [4.78, 5) is 4.28. The van der Waals surface area contributed by atoms with Crippen LogP contribution in [0.4, 0.5) is 0 Å². The largest absolute Gasteiger partial charge is 0.311 e. The van der Waals surface area contributed by atoms with Gasteiger partial charge >= 0.3 is 0 Å². The Bertz CT molecular complexity index is 336. The van der Waals surface area contributed by atoms with Crippen molar-refractivity contribution in [2.24, 2.45) is 0 Å². The first-order valence-corrected chi connectivity index (χ1v) is 8.20. The highest BCUT2D eigenvalue weighted by Crippen LogP contribution is 2.31. The Labute approximate surface area is 115 Å². The quantitative estimate of drug-likeness (QED) is 0.875. The standard InChI is InChI=1S/C15H26N2S/c1-4-12-11-17(13(5-2)10-16-12)14(6-3)15-8-7-9-18-15/h7-9,12-14,16H,4-6,10-11H2,1-3H3. The SMILES string of the molecule is CCC1CN(C(CC)c2cccs2)C(CC)CN1. The van der Waals surface area contributed by atoms with E-state index < -0.39 is 0 Å². The number of thiophene rings is 1. The van der Waals surface area contributed by atoms with E-state index in [0.29, 0.717) is 18.1 Å². The zero-order valence-corrected chi connectivity index (χ0v) is 12.7. The van der Waals surface area contributed by atoms with Gasteiger partial charge in [-0.25, -0.2) is 0 Å². The second-order valence-electron chi connectivity index (χ2n) is 5.21. The fourth-order valence-corrected chi connectivity index (χ4v) is 3.93. The van der Waals surface area contributed by atoms with Crippen LogP contribution in [0.3, 0.4) is 0 Å². The van der Waals surface area contributed by atoms with Crippen LogP contribution in [0.2, 0.25) is 0 Å². The van der Waals surface area contributed by atoms with E-state index in [9.17, 15) is 0 Å². The maximum absolute atomic E-state index is 3.69. The minimum absolute atomic E-state index is 0.617. The van der Waals surface area contributed by atoms with Gasteiger partial charge in [-0.2, -0.15) is 0 Å². The molecule has 1 aliphatic heterocycles. The van der Waals surface area contributed by atoms with Gasteiger partial charge in [-0.1, -0.05) is 26.8 Å². The number of piperazine rings is 1. The molecule has 2 heterocycles. The Hall–Kier alpha value is -0.380. The van der Waals surface area contributed by atoms with Crippen LogP contribution in [-0.4, -0.2) is 30.1 Å². The molecule has 0 spiro atoms. The van der Waals surface area contributed by atoms with Crippen LogP contribution in [-0.2, 0) is 0 Å². The second kappa shape index (κ2) is 6.69. The smallest absolute Gasteiger partial charge is 0.0443 e. The first kappa shape index (κ1) is 14.0. The van der Waals surface area contributed by atoms with E-state index >= 15 is 0 Å². The van der Waals surface area contributed by atoms with Crippen LogP contribution in [0.15, 0.2) is 17.5 Å². The number of nitrogens with one attached hydrogen (secondary N) is 1. The maximum atomic E-state index is 3.69. The molecule has 3 atom stereocenters. The topological polar surface area (TPSA) is 15.3 Å². The monoisotopic (exact) mass is 266 g/mol. The van der Waals surface area contributed by atoms with Gasteiger partial charge in [0, 0.05) is 36.1 Å². The van der Waals surface area contributed by atoms with Crippen LogP contribution < -0.4 is 5.32 Å². The van der Waals surface area contributed by atoms with Crippen molar-refractivity contribution in [1.82, 2.24) is 10.2 Å². The van der Waals surface area contributed by atoms with E-state index in [2.05, 4.69) is 48.5 Å². The molecular weight excluding hydrogens is 240 g/mol. The summed E-state index contributed by atoms with van der Waals surface area (Å²) in [6.07, 6.45) is 3.69. The molecule has 102 valence electrons. The molecule has 1 aliphatic rings. The molecule has 1 aromatic rings. The lowest BCUT2D eigenvalue weighted by Crippen LogP contribution is -2.56. The highest BCUT2D eigenvalue weighted by molar-refractivity contribution is 7.10. The van der Waals surface area contributed by atoms with E-state index in [1.54, 1.807) is 0 Å². The molecule has 0 aliphatic carbocycles. The minimum atomic E-state index is 0.617. The van der Waals surface area contributed by atoms with Crippen LogP contribution in [0.1, 0.15) is 51.0 Å². The van der Waals surface area contributed by atoms with Gasteiger partial charge in [0.2, 0.25) is 0 Å². The van der Waals surface area contributed by atoms with Gasteiger partial charge in [-0.3, -0.25) is 4.90 Å². The summed E-state index contributed by atoms with van der Waals surface area (Å²) in [5.41, 5.74) is 0. The molecule has 1 N–H and O–H groups in total. The molecule has 2 rings (SSSR count). The van der Waals surface area contributed by atoms with Crippen molar-refractivity contribution >= 4 is 11.3 Å². The second-order valence-corrected chi connectivity index (χ2v) is 6.19. The fourth-order valence-electron chi connectivity index (χ4n) is 3.00. The van der Waals surface area contributed by atoms with Crippen molar-refractivity contribution in [3.63, 3.8) is 0 Å². The summed E-state index contributed by atoms with van der Waals surface area (Å²) in [5.74, 6) is 0. The van der Waals surface area contributed by atoms with E-state index in [1.165, 1.54) is 30.7 Å². The van der Waals surface area contributed by atoms with E-state index in [4.69, 9.17) is 0 Å². The normalized spacial score (nSPS) is 27.3. The Morgan fingerprint density at radius 1 is 1.39 bits per heavy atom. The number of nitrogens with zero attached hydrogens (tertiary/aromatic N) is 1. The molecule has 0 radical (unpaired) electrons. The van der Waals surface area contributed by atoms with Crippen LogP contribution in [0.5, 0.6) is 0 Å². The molecular formula is C15H26N2S. The molecule has 0 aromatic carbocycles. The third-order valence-corrected chi connectivity index (χ3v) is 5.14. The Morgan fingerprint density at radius 2 is 2.22 bits per heavy atom. The highest BCUT2D eigenvalue weighted by atomic mass is 32.1. The average Bonchev–Trinajstić information content (AvgIpc) is 2.93. The van der Waals surface area contributed by atoms with Crippen LogP contribution >= 0.6 is 11.3 Å². The third kappa shape index (κ3) is 2.95.